The number of nitrogens with one attached hydrogen (secondary N) is 12. The Kier molecular flexibility index (Phi) is 39.1. The molecule has 2 aromatic heterocycles. The van der Waals surface area contributed by atoms with Crippen molar-refractivity contribution in [1.29, 1.82) is 0 Å². The number of hydrogen-bond acceptors (Lipinski definition) is 24. The molecule has 0 radical (unpaired) electrons. The third kappa shape index (κ3) is 28.8. The smallest absolute Gasteiger partial charge is 0.305 e. The summed E-state index contributed by atoms with van der Waals surface area (Å²) < 4.78 is 0. The van der Waals surface area contributed by atoms with E-state index in [9.17, 15) is 88.2 Å². The molecule has 0 spiro atoms. The van der Waals surface area contributed by atoms with Crippen molar-refractivity contribution < 1.29 is 122 Å². The summed E-state index contributed by atoms with van der Waals surface area (Å²) >= 11 is 0.681. The van der Waals surface area contributed by atoms with Crippen molar-refractivity contribution in [3.8, 4) is 5.75 Å². The fourth-order valence-corrected chi connectivity index (χ4v) is 16.8. The van der Waals surface area contributed by atoms with Crippen molar-refractivity contribution in [2.75, 3.05) is 65.4 Å². The van der Waals surface area contributed by atoms with Gasteiger partial charge in [0.25, 0.3) is 0 Å². The molecule has 0 unspecified atom stereocenters. The van der Waals surface area contributed by atoms with E-state index in [1.807, 2.05) is 6.92 Å². The van der Waals surface area contributed by atoms with Crippen molar-refractivity contribution in [3.63, 3.8) is 0 Å². The molecule has 0 saturated carbocycles. The number of nitrogens with zero attached hydrogens (tertiary/aromatic N) is 5. The number of aliphatic carboxylic acids is 3. The van der Waals surface area contributed by atoms with Gasteiger partial charge in [-0.1, -0.05) is 88.1 Å². The lowest BCUT2D eigenvalue weighted by molar-refractivity contribution is -0.149. The number of likely N-dealkylation sites (N-methyl/N-ethyl adjacent to an activating group) is 3. The molecule has 8 rings (SSSR count). The third-order valence-corrected chi connectivity index (χ3v) is 24.4. The third-order valence-electron chi connectivity index (χ3n) is 23.4. The number of carbonyl (C=O) groups excluding carboxylic acids is 16. The maximum absolute atomic E-state index is 15.7. The largest absolute Gasteiger partial charge is 0.508 e. The van der Waals surface area contributed by atoms with Crippen LogP contribution in [0.5, 0.6) is 5.75 Å². The van der Waals surface area contributed by atoms with Crippen LogP contribution in [-0.2, 0) is 110 Å². The molecule has 3 aliphatic heterocycles. The molecule has 15 atom stereocenters. The summed E-state index contributed by atoms with van der Waals surface area (Å²) in [6.07, 6.45) is -2.94. The Labute approximate surface area is 763 Å². The van der Waals surface area contributed by atoms with Crippen LogP contribution in [0.4, 0.5) is 0 Å². The average Bonchev–Trinajstić information content (AvgIpc) is 1.65. The molecule has 0 aliphatic carbocycles. The number of aliphatic hydroxyl groups is 2. The Hall–Kier alpha value is -13.3. The summed E-state index contributed by atoms with van der Waals surface area (Å²) in [6.45, 7) is 1.62. The fourth-order valence-electron chi connectivity index (χ4n) is 15.9. The first kappa shape index (κ1) is 104. The monoisotopic (exact) mass is 1860 g/mol. The minimum atomic E-state index is -2.00. The molecule has 16 amide bonds. The number of aliphatic hydroxyl groups excluding tert-OH is 2. The number of aromatic hydroxyl groups is 1. The zero-order chi connectivity index (χ0) is 96.9. The Balaban J connectivity index is 1.19. The molecule has 3 aliphatic rings. The summed E-state index contributed by atoms with van der Waals surface area (Å²) in [4.78, 5) is 283. The zero-order valence-corrected chi connectivity index (χ0v) is 75.0. The van der Waals surface area contributed by atoms with E-state index in [0.717, 1.165) is 31.5 Å². The molecule has 22 N–H and O–H groups in total. The number of phenols is 1. The van der Waals surface area contributed by atoms with Gasteiger partial charge in [0.15, 0.2) is 0 Å². The number of para-hydroxylation sites is 2. The molecule has 5 heterocycles. The van der Waals surface area contributed by atoms with E-state index >= 15 is 33.6 Å². The van der Waals surface area contributed by atoms with Gasteiger partial charge < -0.3 is 130 Å². The van der Waals surface area contributed by atoms with Crippen molar-refractivity contribution in [2.24, 2.45) is 11.5 Å². The molecule has 44 nitrogen and oxygen atoms in total. The molecule has 718 valence electrons. The predicted octanol–water partition coefficient (Wildman–Crippen LogP) is -3.53. The number of aromatic nitrogens is 2. The first-order chi connectivity index (χ1) is 62.8. The number of benzene rings is 3. The Morgan fingerprint density at radius 2 is 1.00 bits per heavy atom. The Morgan fingerprint density at radius 3 is 1.59 bits per heavy atom. The van der Waals surface area contributed by atoms with Crippen LogP contribution in [0, 0.1) is 0 Å². The highest BCUT2D eigenvalue weighted by atomic mass is 32.2. The average molecular weight is 1860 g/mol. The van der Waals surface area contributed by atoms with Gasteiger partial charge in [-0.15, -0.1) is 11.8 Å². The first-order valence-corrected chi connectivity index (χ1v) is 44.7. The van der Waals surface area contributed by atoms with Crippen LogP contribution in [0.3, 0.4) is 0 Å². The summed E-state index contributed by atoms with van der Waals surface area (Å²) in [5, 5.41) is 88.6. The minimum absolute atomic E-state index is 0.0477. The molecule has 5 aromatic rings. The maximum atomic E-state index is 15.7. The number of phenolic OH excluding ortho intramolecular Hbond substituents is 1. The molecule has 3 aromatic carbocycles. The standard InChI is InChI=1S/C87H119N19O25S/c1-7-9-20-65-80(124)95-56(27-29-71(112)113)76(120)101-64(75(119)92-41-69(89)110)44-132-45-70(111)93-60(34-47-23-25-50(108)26-24-47)83(127)102(4)46(3)74(118)98-62(38-73(116)117)86(130)105-33-15-22-66(105)81(125)100-63(43-107)79(123)96-58(28-30-72(114)115)85(129)106-42-51(109)37-68(106)82(126)97-59(35-48-39-90-54-18-13-11-16-52(48)54)78(122)94-57(31-32-88)77(121)99-61(36-49-40-91-55-19-14-12-17-53(49)55)84(128)104(6)67(21-10-8-2)87(131)103(65)5/h11-14,16-19,23-26,39-40,46,51,56-68,90-91,107-109H,7-10,15,20-22,27-38,41-45,88H2,1-6H3,(H2,89,110)(H,92,119)(H,93,111)(H,94,122)(H,95,124)(H,96,123)(H,97,126)(H,98,118)(H,99,121)(H,100,125)(H,101,120)(H,112,113)(H,114,115)(H,116,117)/t46-,51+,56-,57-,58-,59-,60-,61-,62+,63-,64-,65-,66-,67-,68-/m0/s1. The van der Waals surface area contributed by atoms with Gasteiger partial charge in [0.2, 0.25) is 94.5 Å². The maximum Gasteiger partial charge on any atom is 0.305 e. The van der Waals surface area contributed by atoms with Crippen LogP contribution >= 0.6 is 11.8 Å². The highest BCUT2D eigenvalue weighted by Crippen LogP contribution is 2.28. The van der Waals surface area contributed by atoms with Gasteiger partial charge in [-0.25, -0.2) is 0 Å². The highest BCUT2D eigenvalue weighted by Gasteiger charge is 2.47. The van der Waals surface area contributed by atoms with Crippen LogP contribution in [0.25, 0.3) is 21.8 Å². The number of aromatic amines is 2. The van der Waals surface area contributed by atoms with Crippen molar-refractivity contribution >= 4 is 146 Å². The molecule has 3 fully saturated rings. The lowest BCUT2D eigenvalue weighted by Crippen LogP contribution is -2.61. The van der Waals surface area contributed by atoms with Crippen LogP contribution in [0.2, 0.25) is 0 Å². The number of hydrogen-bond donors (Lipinski definition) is 20. The van der Waals surface area contributed by atoms with E-state index in [1.54, 1.807) is 67.8 Å². The quantitative estimate of drug-likeness (QED) is 0.0255. The van der Waals surface area contributed by atoms with Crippen LogP contribution in [0.15, 0.2) is 85.2 Å². The molecule has 132 heavy (non-hydrogen) atoms. The number of fused-ring (bicyclic) bond motifs is 4. The second kappa shape index (κ2) is 49.6. The van der Waals surface area contributed by atoms with Crippen LogP contribution in [0.1, 0.15) is 134 Å². The van der Waals surface area contributed by atoms with E-state index in [1.165, 1.54) is 45.3 Å². The zero-order valence-electron chi connectivity index (χ0n) is 74.2. The van der Waals surface area contributed by atoms with Gasteiger partial charge >= 0.3 is 17.9 Å². The summed E-state index contributed by atoms with van der Waals surface area (Å²) in [5.74, 6) is -22.7. The molecule has 0 bridgehead atoms. The van der Waals surface area contributed by atoms with Gasteiger partial charge in [0.05, 0.1) is 31.4 Å². The summed E-state index contributed by atoms with van der Waals surface area (Å²) in [7, 11) is 3.73. The second-order valence-corrected chi connectivity index (χ2v) is 34.0. The number of nitrogens with two attached hydrogens (primary N) is 2. The number of primary amides is 1. The van der Waals surface area contributed by atoms with Crippen molar-refractivity contribution in [1.82, 2.24) is 87.6 Å². The van der Waals surface area contributed by atoms with E-state index in [4.69, 9.17) is 11.5 Å². The van der Waals surface area contributed by atoms with Gasteiger partial charge in [-0.05, 0) is 99.4 Å². The van der Waals surface area contributed by atoms with Gasteiger partial charge in [0, 0.05) is 113 Å². The minimum Gasteiger partial charge on any atom is -0.508 e. The lowest BCUT2D eigenvalue weighted by atomic mass is 9.99. The van der Waals surface area contributed by atoms with E-state index in [0.29, 0.717) is 69.5 Å². The number of thioether (sulfide) groups is 1. The van der Waals surface area contributed by atoms with Gasteiger partial charge in [0.1, 0.15) is 90.3 Å². The molecular formula is C87H119N19O25S. The topological polar surface area (TPSA) is 666 Å². The van der Waals surface area contributed by atoms with Gasteiger partial charge in [-0.3, -0.25) is 91.1 Å². The number of carbonyl (C=O) groups is 19. The number of unbranched alkanes of at least 4 members (excludes halogenated alkanes) is 2. The van der Waals surface area contributed by atoms with E-state index in [2.05, 4.69) is 63.1 Å². The van der Waals surface area contributed by atoms with E-state index < -0.39 is 273 Å². The number of carboxylic acids is 3. The Morgan fingerprint density at radius 1 is 0.508 bits per heavy atom. The Bertz CT molecular complexity index is 5010. The molecule has 45 heteroatoms. The number of rotatable bonds is 26. The van der Waals surface area contributed by atoms with Crippen LogP contribution < -0.4 is 64.6 Å². The highest BCUT2D eigenvalue weighted by molar-refractivity contribution is 8.00. The van der Waals surface area contributed by atoms with Gasteiger partial charge in [-0.2, -0.15) is 0 Å². The SMILES string of the molecule is CCCC[C@H]1C(=O)N(C)[C@@H](CCCC)C(=O)N[C@@H](CCC(=O)O)C(=O)N[C@H](C(=O)NCC(N)=O)CSCC(=O)N[C@@H](Cc2ccc(O)cc2)C(=O)N(C)[C@@H](C)C(=O)N[C@H](CC(=O)O)C(=O)N2CCC[C@H]2C(=O)N[C@@H](CO)C(=O)N[C@@H](CCC(=O)O)C(=O)N2C[C@H](O)C[C@H]2C(=O)N[C@@H](Cc2c[nH]c3ccccc23)C(=O)N[C@@H](CCN)C(=O)N[C@@H](Cc2c[nH]c3ccccc23)C(=O)N1C. The summed E-state index contributed by atoms with van der Waals surface area (Å²) in [6, 6.07) is -4.42. The van der Waals surface area contributed by atoms with Crippen LogP contribution in [-0.4, -0.2) is 334 Å². The second-order valence-electron chi connectivity index (χ2n) is 33.0. The molecular weight excluding hydrogens is 1740 g/mol. The van der Waals surface area contributed by atoms with Crippen molar-refractivity contribution in [2.45, 2.75) is 227 Å². The van der Waals surface area contributed by atoms with E-state index in [-0.39, 0.29) is 76.6 Å². The lowest BCUT2D eigenvalue weighted by Gasteiger charge is -2.36. The fraction of sp³-hybridized carbons (Fsp3) is 0.529. The number of carboxylic acid groups (broad SMARTS) is 3. The number of amides is 16. The number of H-pyrrole nitrogens is 2. The first-order valence-electron chi connectivity index (χ1n) is 43.6. The van der Waals surface area contributed by atoms with Crippen molar-refractivity contribution in [3.05, 3.63) is 102 Å². The predicted molar refractivity (Wildman–Crippen MR) is 475 cm³/mol. The summed E-state index contributed by atoms with van der Waals surface area (Å²) in [5.41, 5.74) is 14.1. The molecule has 3 saturated heterocycles. The normalized spacial score (nSPS) is 25.0.